The van der Waals surface area contributed by atoms with E-state index < -0.39 is 12.0 Å². The van der Waals surface area contributed by atoms with E-state index in [1.54, 1.807) is 0 Å². The van der Waals surface area contributed by atoms with Crippen LogP contribution in [0, 0.1) is 0 Å². The molecule has 0 aromatic rings. The number of ether oxygens (including phenoxy) is 1. The fourth-order valence-electron chi connectivity index (χ4n) is 7.22. The van der Waals surface area contributed by atoms with Crippen LogP contribution in [0.3, 0.4) is 0 Å². The summed E-state index contributed by atoms with van der Waals surface area (Å²) in [6.07, 6.45) is 53.7. The maximum atomic E-state index is 12.8. The van der Waals surface area contributed by atoms with Gasteiger partial charge < -0.3 is 20.9 Å². The summed E-state index contributed by atoms with van der Waals surface area (Å²) in [7, 11) is 0. The number of carbonyl (C=O) groups is 3. The van der Waals surface area contributed by atoms with E-state index in [1.165, 1.54) is 135 Å². The zero-order valence-electron chi connectivity index (χ0n) is 37.4. The lowest BCUT2D eigenvalue weighted by atomic mass is 10.0. The number of nitrogens with two attached hydrogens (primary N) is 1. The molecule has 7 nitrogen and oxygen atoms in total. The Morgan fingerprint density at radius 3 is 1.47 bits per heavy atom. The Kier molecular flexibility index (Phi) is 42.8. The van der Waals surface area contributed by atoms with Crippen LogP contribution in [0.1, 0.15) is 245 Å². The van der Waals surface area contributed by atoms with Gasteiger partial charge in [-0.3, -0.25) is 9.59 Å². The molecule has 2 atom stereocenters. The summed E-state index contributed by atoms with van der Waals surface area (Å²) in [4.78, 5) is 36.3. The molecule has 0 radical (unpaired) electrons. The Labute approximate surface area is 352 Å². The van der Waals surface area contributed by atoms with E-state index in [4.69, 9.17) is 10.5 Å². The van der Waals surface area contributed by atoms with Crippen LogP contribution in [-0.2, 0) is 19.1 Å². The van der Waals surface area contributed by atoms with Gasteiger partial charge in [0.15, 0.2) is 0 Å². The largest absolute Gasteiger partial charge is 0.480 e. The Bertz CT molecular complexity index is 993. The second-order valence-electron chi connectivity index (χ2n) is 16.5. The number of allylic oxidation sites excluding steroid dienone is 5. The van der Waals surface area contributed by atoms with Gasteiger partial charge in [-0.1, -0.05) is 179 Å². The normalized spacial score (nSPS) is 12.9. The average Bonchev–Trinajstić information content (AvgIpc) is 3.20. The van der Waals surface area contributed by atoms with Crippen LogP contribution in [0.4, 0.5) is 0 Å². The lowest BCUT2D eigenvalue weighted by Crippen LogP contribution is -2.40. The second-order valence-corrected chi connectivity index (χ2v) is 16.5. The molecular weight excluding hydrogens is 709 g/mol. The minimum Gasteiger partial charge on any atom is -0.480 e. The number of hydrogen-bond acceptors (Lipinski definition) is 5. The number of rotatable bonds is 44. The minimum atomic E-state index is -1.01. The van der Waals surface area contributed by atoms with Crippen LogP contribution >= 0.6 is 0 Å². The van der Waals surface area contributed by atoms with Gasteiger partial charge in [-0.2, -0.15) is 0 Å². The van der Waals surface area contributed by atoms with Crippen molar-refractivity contribution < 1.29 is 24.2 Å². The standard InChI is InChI=1S/C50H92N2O5/c1-3-5-7-9-11-13-14-15-16-17-18-19-20-21-22-23-24-26-28-34-38-44-49(54)57-46(40-35-31-27-25-12-10-8-6-4-2)41-36-32-29-30-33-37-43-48(53)52-47(50(55)56)42-39-45-51/h17-18,25,27,35,40,46-47H,3-16,19-24,26,28-34,36-39,41-45,51H2,1-2H3,(H,52,53)(H,55,56)/b18-17-,27-25-,40-35-. The number of unbranched alkanes of at least 4 members (excludes halogenated alkanes) is 26. The molecular formula is C50H92N2O5. The van der Waals surface area contributed by atoms with Crippen molar-refractivity contribution in [1.82, 2.24) is 5.32 Å². The summed E-state index contributed by atoms with van der Waals surface area (Å²) in [5.41, 5.74) is 5.48. The zero-order valence-corrected chi connectivity index (χ0v) is 37.4. The zero-order chi connectivity index (χ0) is 41.7. The van der Waals surface area contributed by atoms with Gasteiger partial charge in [-0.05, 0) is 96.1 Å². The molecule has 7 heteroatoms. The quantitative estimate of drug-likeness (QED) is 0.0321. The average molecular weight is 801 g/mol. The number of nitrogens with one attached hydrogen (secondary N) is 1. The number of esters is 1. The molecule has 0 rings (SSSR count). The van der Waals surface area contributed by atoms with Crippen molar-refractivity contribution in [2.24, 2.45) is 5.73 Å². The van der Waals surface area contributed by atoms with Crippen LogP contribution in [0.25, 0.3) is 0 Å². The molecule has 4 N–H and O–H groups in total. The Hall–Kier alpha value is -2.41. The Balaban J connectivity index is 4.18. The van der Waals surface area contributed by atoms with Gasteiger partial charge in [0.1, 0.15) is 12.1 Å². The number of hydrogen-bond donors (Lipinski definition) is 3. The number of aliphatic carboxylic acids is 1. The topological polar surface area (TPSA) is 119 Å². The van der Waals surface area contributed by atoms with Crippen molar-refractivity contribution in [3.05, 3.63) is 36.5 Å². The smallest absolute Gasteiger partial charge is 0.326 e. The highest BCUT2D eigenvalue weighted by atomic mass is 16.5. The van der Waals surface area contributed by atoms with E-state index in [9.17, 15) is 19.5 Å². The third kappa shape index (κ3) is 41.5. The Morgan fingerprint density at radius 2 is 0.965 bits per heavy atom. The number of carbonyl (C=O) groups excluding carboxylic acids is 2. The predicted octanol–water partition coefficient (Wildman–Crippen LogP) is 14.2. The van der Waals surface area contributed by atoms with E-state index in [2.05, 4.69) is 55.6 Å². The first-order valence-corrected chi connectivity index (χ1v) is 24.3. The van der Waals surface area contributed by atoms with Gasteiger partial charge in [-0.15, -0.1) is 0 Å². The first-order valence-electron chi connectivity index (χ1n) is 24.3. The minimum absolute atomic E-state index is 0.0746. The monoisotopic (exact) mass is 801 g/mol. The Morgan fingerprint density at radius 1 is 0.526 bits per heavy atom. The molecule has 0 aliphatic carbocycles. The molecule has 0 saturated carbocycles. The SMILES string of the molecule is CCCCCC/C=C\C/C=C\C(CCCCCCCCC(=O)NC(CCCN)C(=O)O)OC(=O)CCCCCCCCCCC/C=C\CCCCCCCCCC. The molecule has 2 unspecified atom stereocenters. The molecule has 57 heavy (non-hydrogen) atoms. The van der Waals surface area contributed by atoms with Crippen molar-refractivity contribution >= 4 is 17.8 Å². The summed E-state index contributed by atoms with van der Waals surface area (Å²) < 4.78 is 5.96. The third-order valence-corrected chi connectivity index (χ3v) is 10.9. The van der Waals surface area contributed by atoms with E-state index in [1.807, 2.05) is 0 Å². The van der Waals surface area contributed by atoms with Gasteiger partial charge in [0.2, 0.25) is 5.91 Å². The molecule has 332 valence electrons. The maximum absolute atomic E-state index is 12.8. The van der Waals surface area contributed by atoms with Crippen LogP contribution in [0.15, 0.2) is 36.5 Å². The van der Waals surface area contributed by atoms with Crippen LogP contribution in [-0.4, -0.2) is 41.6 Å². The molecule has 1 amide bonds. The van der Waals surface area contributed by atoms with Gasteiger partial charge >= 0.3 is 11.9 Å². The van der Waals surface area contributed by atoms with Crippen molar-refractivity contribution in [2.75, 3.05) is 6.54 Å². The highest BCUT2D eigenvalue weighted by Crippen LogP contribution is 2.16. The first kappa shape index (κ1) is 54.6. The second kappa shape index (κ2) is 44.7. The summed E-state index contributed by atoms with van der Waals surface area (Å²) >= 11 is 0. The summed E-state index contributed by atoms with van der Waals surface area (Å²) in [5, 5.41) is 11.9. The molecule has 0 aromatic carbocycles. The lowest BCUT2D eigenvalue weighted by molar-refractivity contribution is -0.147. The van der Waals surface area contributed by atoms with E-state index in [0.717, 1.165) is 70.6 Å². The fourth-order valence-corrected chi connectivity index (χ4v) is 7.22. The highest BCUT2D eigenvalue weighted by Gasteiger charge is 2.18. The number of amides is 1. The summed E-state index contributed by atoms with van der Waals surface area (Å²) in [6, 6.07) is -0.856. The van der Waals surface area contributed by atoms with Crippen molar-refractivity contribution in [1.29, 1.82) is 0 Å². The predicted molar refractivity (Wildman–Crippen MR) is 243 cm³/mol. The summed E-state index contributed by atoms with van der Waals surface area (Å²) in [5.74, 6) is -1.28. The molecule has 0 aliphatic heterocycles. The highest BCUT2D eigenvalue weighted by molar-refractivity contribution is 5.83. The van der Waals surface area contributed by atoms with E-state index in [0.29, 0.717) is 32.2 Å². The fraction of sp³-hybridized carbons (Fsp3) is 0.820. The van der Waals surface area contributed by atoms with Crippen molar-refractivity contribution in [3.63, 3.8) is 0 Å². The molecule has 0 saturated heterocycles. The number of carboxylic acid groups (broad SMARTS) is 1. The van der Waals surface area contributed by atoms with Gasteiger partial charge in [0.25, 0.3) is 0 Å². The molecule has 0 aromatic heterocycles. The molecule has 0 spiro atoms. The number of carboxylic acids is 1. The molecule has 0 heterocycles. The van der Waals surface area contributed by atoms with E-state index in [-0.39, 0.29) is 18.0 Å². The first-order chi connectivity index (χ1) is 27.9. The van der Waals surface area contributed by atoms with Crippen LogP contribution < -0.4 is 11.1 Å². The molecule has 0 bridgehead atoms. The van der Waals surface area contributed by atoms with Crippen LogP contribution in [0.2, 0.25) is 0 Å². The van der Waals surface area contributed by atoms with Crippen molar-refractivity contribution in [3.8, 4) is 0 Å². The molecule has 0 aliphatic rings. The maximum Gasteiger partial charge on any atom is 0.326 e. The van der Waals surface area contributed by atoms with Crippen LogP contribution in [0.5, 0.6) is 0 Å². The van der Waals surface area contributed by atoms with Gasteiger partial charge in [-0.25, -0.2) is 4.79 Å². The van der Waals surface area contributed by atoms with E-state index >= 15 is 0 Å². The van der Waals surface area contributed by atoms with Crippen molar-refractivity contribution in [2.45, 2.75) is 257 Å². The lowest BCUT2D eigenvalue weighted by Gasteiger charge is -2.15. The third-order valence-electron chi connectivity index (χ3n) is 10.9. The van der Waals surface area contributed by atoms with Gasteiger partial charge in [0.05, 0.1) is 0 Å². The summed E-state index contributed by atoms with van der Waals surface area (Å²) in [6.45, 7) is 4.93. The van der Waals surface area contributed by atoms with Gasteiger partial charge in [0, 0.05) is 12.8 Å². The molecule has 0 fully saturated rings.